The van der Waals surface area contributed by atoms with Gasteiger partial charge in [0.1, 0.15) is 0 Å². The summed E-state index contributed by atoms with van der Waals surface area (Å²) >= 11 is 0. The molecule has 2 rings (SSSR count). The standard InChI is InChI=1S/C11H10N2O3/c1-13-10(15)7-4-2-3-6(5-8(12)14)9(7)11(13)16/h2-4H,5H2,1H3,(H2,12,14). The van der Waals surface area contributed by atoms with E-state index in [9.17, 15) is 14.4 Å². The van der Waals surface area contributed by atoms with Crippen molar-refractivity contribution in [2.75, 3.05) is 7.05 Å². The molecule has 5 heteroatoms. The quantitative estimate of drug-likeness (QED) is 0.706. The van der Waals surface area contributed by atoms with Crippen LogP contribution in [0.4, 0.5) is 0 Å². The van der Waals surface area contributed by atoms with Crippen LogP contribution in [0.2, 0.25) is 0 Å². The summed E-state index contributed by atoms with van der Waals surface area (Å²) < 4.78 is 0. The Bertz CT molecular complexity index is 508. The van der Waals surface area contributed by atoms with Gasteiger partial charge in [-0.05, 0) is 11.6 Å². The fraction of sp³-hybridized carbons (Fsp3) is 0.182. The molecular formula is C11H10N2O3. The number of nitrogens with two attached hydrogens (primary N) is 1. The van der Waals surface area contributed by atoms with E-state index in [-0.39, 0.29) is 18.2 Å². The molecule has 0 fully saturated rings. The van der Waals surface area contributed by atoms with Crippen LogP contribution in [0.25, 0.3) is 0 Å². The highest BCUT2D eigenvalue weighted by molar-refractivity contribution is 6.22. The molecule has 0 unspecified atom stereocenters. The maximum atomic E-state index is 11.8. The normalized spacial score (nSPS) is 14.2. The molecule has 0 aliphatic carbocycles. The molecule has 16 heavy (non-hydrogen) atoms. The van der Waals surface area contributed by atoms with E-state index in [1.807, 2.05) is 0 Å². The summed E-state index contributed by atoms with van der Waals surface area (Å²) in [5.41, 5.74) is 6.23. The highest BCUT2D eigenvalue weighted by Crippen LogP contribution is 2.25. The average molecular weight is 218 g/mol. The number of nitrogens with zero attached hydrogens (tertiary/aromatic N) is 1. The topological polar surface area (TPSA) is 80.5 Å². The minimum atomic E-state index is -0.525. The van der Waals surface area contributed by atoms with Crippen LogP contribution >= 0.6 is 0 Å². The number of hydrogen-bond acceptors (Lipinski definition) is 3. The summed E-state index contributed by atoms with van der Waals surface area (Å²) in [6.07, 6.45) is -0.0317. The lowest BCUT2D eigenvalue weighted by molar-refractivity contribution is -0.117. The van der Waals surface area contributed by atoms with Gasteiger partial charge in [-0.3, -0.25) is 19.3 Å². The van der Waals surface area contributed by atoms with E-state index in [1.54, 1.807) is 18.2 Å². The van der Waals surface area contributed by atoms with E-state index < -0.39 is 5.91 Å². The van der Waals surface area contributed by atoms with Gasteiger partial charge < -0.3 is 5.73 Å². The monoisotopic (exact) mass is 218 g/mol. The minimum absolute atomic E-state index is 0.0317. The second-order valence-corrected chi connectivity index (χ2v) is 3.65. The Morgan fingerprint density at radius 2 is 2.00 bits per heavy atom. The molecule has 1 aliphatic rings. The van der Waals surface area contributed by atoms with Gasteiger partial charge in [-0.25, -0.2) is 0 Å². The fourth-order valence-electron chi connectivity index (χ4n) is 1.81. The number of imide groups is 1. The lowest BCUT2D eigenvalue weighted by atomic mass is 10.0. The summed E-state index contributed by atoms with van der Waals surface area (Å²) in [7, 11) is 1.42. The molecule has 3 amide bonds. The van der Waals surface area contributed by atoms with Gasteiger partial charge in [-0.2, -0.15) is 0 Å². The Morgan fingerprint density at radius 1 is 1.31 bits per heavy atom. The Kier molecular flexibility index (Phi) is 2.23. The molecule has 1 heterocycles. The van der Waals surface area contributed by atoms with Crippen LogP contribution in [-0.2, 0) is 11.2 Å². The Morgan fingerprint density at radius 3 is 2.62 bits per heavy atom. The molecule has 82 valence electrons. The number of primary amides is 1. The summed E-state index contributed by atoms with van der Waals surface area (Å²) in [4.78, 5) is 35.3. The fourth-order valence-corrected chi connectivity index (χ4v) is 1.81. The van der Waals surface area contributed by atoms with Crippen molar-refractivity contribution >= 4 is 17.7 Å². The molecule has 0 spiro atoms. The molecule has 0 bridgehead atoms. The summed E-state index contributed by atoms with van der Waals surface area (Å²) in [5, 5.41) is 0. The largest absolute Gasteiger partial charge is 0.369 e. The molecule has 0 atom stereocenters. The number of rotatable bonds is 2. The van der Waals surface area contributed by atoms with Crippen molar-refractivity contribution in [1.29, 1.82) is 0 Å². The van der Waals surface area contributed by atoms with Crippen LogP contribution < -0.4 is 5.73 Å². The third-order valence-corrected chi connectivity index (χ3v) is 2.57. The summed E-state index contributed by atoms with van der Waals surface area (Å²) in [6.45, 7) is 0. The van der Waals surface area contributed by atoms with Crippen LogP contribution in [0.1, 0.15) is 26.3 Å². The van der Waals surface area contributed by atoms with Crippen LogP contribution in [0, 0.1) is 0 Å². The number of hydrogen-bond donors (Lipinski definition) is 1. The second kappa shape index (κ2) is 3.44. The zero-order valence-corrected chi connectivity index (χ0v) is 8.69. The smallest absolute Gasteiger partial charge is 0.261 e. The van der Waals surface area contributed by atoms with Crippen molar-refractivity contribution in [3.8, 4) is 0 Å². The summed E-state index contributed by atoms with van der Waals surface area (Å²) in [6, 6.07) is 4.85. The van der Waals surface area contributed by atoms with Gasteiger partial charge in [-0.1, -0.05) is 12.1 Å². The second-order valence-electron chi connectivity index (χ2n) is 3.65. The van der Waals surface area contributed by atoms with E-state index in [0.717, 1.165) is 4.90 Å². The Balaban J connectivity index is 2.58. The molecular weight excluding hydrogens is 208 g/mol. The van der Waals surface area contributed by atoms with Crippen LogP contribution in [0.15, 0.2) is 18.2 Å². The first-order valence-electron chi connectivity index (χ1n) is 4.75. The number of benzene rings is 1. The molecule has 5 nitrogen and oxygen atoms in total. The molecule has 1 aromatic carbocycles. The minimum Gasteiger partial charge on any atom is -0.369 e. The van der Waals surface area contributed by atoms with E-state index in [2.05, 4.69) is 0 Å². The predicted molar refractivity (Wildman–Crippen MR) is 55.8 cm³/mol. The number of carbonyl (C=O) groups excluding carboxylic acids is 3. The van der Waals surface area contributed by atoms with Crippen molar-refractivity contribution in [3.63, 3.8) is 0 Å². The third kappa shape index (κ3) is 1.37. The highest BCUT2D eigenvalue weighted by atomic mass is 16.2. The molecule has 0 saturated heterocycles. The lowest BCUT2D eigenvalue weighted by Crippen LogP contribution is -2.24. The number of amides is 3. The maximum absolute atomic E-state index is 11.8. The molecule has 1 aromatic rings. The van der Waals surface area contributed by atoms with Gasteiger partial charge in [0.25, 0.3) is 11.8 Å². The summed E-state index contributed by atoms with van der Waals surface area (Å²) in [5.74, 6) is -1.24. The molecule has 2 N–H and O–H groups in total. The Hall–Kier alpha value is -2.17. The lowest BCUT2D eigenvalue weighted by Gasteiger charge is -2.04. The maximum Gasteiger partial charge on any atom is 0.261 e. The van der Waals surface area contributed by atoms with Gasteiger partial charge in [-0.15, -0.1) is 0 Å². The molecule has 0 saturated carbocycles. The third-order valence-electron chi connectivity index (χ3n) is 2.57. The van der Waals surface area contributed by atoms with Crippen LogP contribution in [0.5, 0.6) is 0 Å². The zero-order valence-electron chi connectivity index (χ0n) is 8.69. The first-order valence-corrected chi connectivity index (χ1v) is 4.75. The average Bonchev–Trinajstić information content (AvgIpc) is 2.44. The number of carbonyl (C=O) groups is 3. The van der Waals surface area contributed by atoms with Crippen molar-refractivity contribution in [1.82, 2.24) is 4.90 Å². The number of fused-ring (bicyclic) bond motifs is 1. The van der Waals surface area contributed by atoms with Crippen LogP contribution in [0.3, 0.4) is 0 Å². The van der Waals surface area contributed by atoms with Gasteiger partial charge in [0.2, 0.25) is 5.91 Å². The van der Waals surface area contributed by atoms with E-state index in [0.29, 0.717) is 16.7 Å². The predicted octanol–water partition coefficient (Wildman–Crippen LogP) is -0.0598. The van der Waals surface area contributed by atoms with Crippen molar-refractivity contribution in [3.05, 3.63) is 34.9 Å². The van der Waals surface area contributed by atoms with Crippen molar-refractivity contribution < 1.29 is 14.4 Å². The van der Waals surface area contributed by atoms with Crippen LogP contribution in [-0.4, -0.2) is 29.7 Å². The SMILES string of the molecule is CN1C(=O)c2cccc(CC(N)=O)c2C1=O. The first-order chi connectivity index (χ1) is 7.52. The highest BCUT2D eigenvalue weighted by Gasteiger charge is 2.34. The molecule has 1 aliphatic heterocycles. The van der Waals surface area contributed by atoms with Gasteiger partial charge in [0.15, 0.2) is 0 Å². The zero-order chi connectivity index (χ0) is 11.9. The Labute approximate surface area is 91.8 Å². The van der Waals surface area contributed by atoms with Gasteiger partial charge >= 0.3 is 0 Å². The van der Waals surface area contributed by atoms with E-state index in [1.165, 1.54) is 7.05 Å². The van der Waals surface area contributed by atoms with Gasteiger partial charge in [0, 0.05) is 7.05 Å². The van der Waals surface area contributed by atoms with E-state index >= 15 is 0 Å². The molecule has 0 aromatic heterocycles. The van der Waals surface area contributed by atoms with Crippen molar-refractivity contribution in [2.45, 2.75) is 6.42 Å². The van der Waals surface area contributed by atoms with E-state index in [4.69, 9.17) is 5.73 Å². The van der Waals surface area contributed by atoms with Gasteiger partial charge in [0.05, 0.1) is 17.5 Å². The van der Waals surface area contributed by atoms with Crippen molar-refractivity contribution in [2.24, 2.45) is 5.73 Å². The molecule has 0 radical (unpaired) electrons. The first kappa shape index (κ1) is 10.4.